The zero-order valence-corrected chi connectivity index (χ0v) is 18.7. The number of hydrogen-bond acceptors (Lipinski definition) is 7. The summed E-state index contributed by atoms with van der Waals surface area (Å²) in [5.41, 5.74) is 0.278. The van der Waals surface area contributed by atoms with Gasteiger partial charge in [0.25, 0.3) is 5.56 Å². The third kappa shape index (κ3) is 3.97. The van der Waals surface area contributed by atoms with E-state index in [4.69, 9.17) is 0 Å². The second kappa shape index (κ2) is 7.94. The van der Waals surface area contributed by atoms with Crippen molar-refractivity contribution in [3.8, 4) is 0 Å². The largest absolute Gasteiger partial charge is 0.359 e. The third-order valence-electron chi connectivity index (χ3n) is 5.27. The van der Waals surface area contributed by atoms with Crippen molar-refractivity contribution in [2.45, 2.75) is 38.1 Å². The number of fused-ring (bicyclic) bond motifs is 1. The van der Waals surface area contributed by atoms with E-state index in [9.17, 15) is 9.59 Å². The number of nitrogens with one attached hydrogen (secondary N) is 2. The Morgan fingerprint density at radius 2 is 1.93 bits per heavy atom. The number of imidazole rings is 1. The van der Waals surface area contributed by atoms with E-state index < -0.39 is 5.69 Å². The van der Waals surface area contributed by atoms with Gasteiger partial charge in [0.2, 0.25) is 11.2 Å². The second-order valence-corrected chi connectivity index (χ2v) is 10.4. The molecule has 2 N–H and O–H groups in total. The molecule has 1 saturated heterocycles. The Balaban J connectivity index is 1.73. The maximum absolute atomic E-state index is 12.7. The Kier molecular flexibility index (Phi) is 5.52. The first-order valence-electron chi connectivity index (χ1n) is 9.76. The van der Waals surface area contributed by atoms with Gasteiger partial charge >= 0.3 is 11.6 Å². The fourth-order valence-corrected chi connectivity index (χ4v) is 5.96. The molecule has 0 spiro atoms. The van der Waals surface area contributed by atoms with Gasteiger partial charge in [-0.1, -0.05) is 36.9 Å². The molecule has 1 fully saturated rings. The van der Waals surface area contributed by atoms with Gasteiger partial charge in [0.1, 0.15) is 5.01 Å². The molecule has 3 aromatic heterocycles. The van der Waals surface area contributed by atoms with E-state index in [0.29, 0.717) is 29.5 Å². The van der Waals surface area contributed by atoms with Crippen molar-refractivity contribution in [2.24, 2.45) is 18.9 Å². The summed E-state index contributed by atoms with van der Waals surface area (Å²) in [6, 6.07) is 0. The number of piperidine rings is 1. The van der Waals surface area contributed by atoms with Crippen LogP contribution < -0.4 is 20.7 Å². The minimum atomic E-state index is -0.415. The lowest BCUT2D eigenvalue weighted by Crippen LogP contribution is -2.49. The first-order valence-corrected chi connectivity index (χ1v) is 11.6. The molecule has 0 aromatic carbocycles. The highest BCUT2D eigenvalue weighted by atomic mass is 32.2. The SMILES string of the molecule is Cc1nnc(SCC[n+]2c(N3CC(C)CC(C)C3)[nH]c3c2c(=O)[nH]c(=O)n3C)s1. The predicted molar refractivity (Wildman–Crippen MR) is 115 cm³/mol. The maximum atomic E-state index is 12.7. The van der Waals surface area contributed by atoms with Gasteiger partial charge in [-0.05, 0) is 25.2 Å². The average molecular weight is 437 g/mol. The van der Waals surface area contributed by atoms with Crippen LogP contribution in [0.25, 0.3) is 11.2 Å². The lowest BCUT2D eigenvalue weighted by molar-refractivity contribution is -0.654. The summed E-state index contributed by atoms with van der Waals surface area (Å²) < 4.78 is 4.40. The van der Waals surface area contributed by atoms with E-state index in [1.165, 1.54) is 11.0 Å². The molecule has 0 bridgehead atoms. The number of hydrogen-bond donors (Lipinski definition) is 2. The summed E-state index contributed by atoms with van der Waals surface area (Å²) in [6.07, 6.45) is 1.20. The first-order chi connectivity index (χ1) is 13.8. The smallest absolute Gasteiger partial charge is 0.271 e. The van der Waals surface area contributed by atoms with Crippen LogP contribution in [0.3, 0.4) is 0 Å². The van der Waals surface area contributed by atoms with Crippen LogP contribution in [0, 0.1) is 18.8 Å². The summed E-state index contributed by atoms with van der Waals surface area (Å²) in [5.74, 6) is 2.78. The van der Waals surface area contributed by atoms with Crippen LogP contribution in [-0.4, -0.2) is 43.6 Å². The molecular weight excluding hydrogens is 410 g/mol. The quantitative estimate of drug-likeness (QED) is 0.461. The fraction of sp³-hybridized carbons (Fsp3) is 0.611. The number of aromatic nitrogens is 6. The van der Waals surface area contributed by atoms with Gasteiger partial charge in [0.05, 0.1) is 19.6 Å². The van der Waals surface area contributed by atoms with Crippen LogP contribution in [0.15, 0.2) is 13.9 Å². The van der Waals surface area contributed by atoms with Crippen molar-refractivity contribution >= 4 is 40.2 Å². The van der Waals surface area contributed by atoms with E-state index >= 15 is 0 Å². The van der Waals surface area contributed by atoms with Gasteiger partial charge in [0.15, 0.2) is 4.34 Å². The van der Waals surface area contributed by atoms with Crippen molar-refractivity contribution in [3.63, 3.8) is 0 Å². The molecule has 11 heteroatoms. The Bertz CT molecular complexity index is 1140. The molecule has 4 rings (SSSR count). The molecule has 29 heavy (non-hydrogen) atoms. The third-order valence-corrected chi connectivity index (χ3v) is 7.22. The summed E-state index contributed by atoms with van der Waals surface area (Å²) in [6.45, 7) is 8.92. The number of anilines is 1. The van der Waals surface area contributed by atoms with Gasteiger partial charge in [-0.3, -0.25) is 19.2 Å². The highest BCUT2D eigenvalue weighted by Crippen LogP contribution is 2.25. The van der Waals surface area contributed by atoms with Crippen molar-refractivity contribution in [1.29, 1.82) is 0 Å². The molecule has 0 aliphatic carbocycles. The Hall–Kier alpha value is -2.14. The molecule has 2 atom stereocenters. The summed E-state index contributed by atoms with van der Waals surface area (Å²) in [5, 5.41) is 9.16. The van der Waals surface area contributed by atoms with E-state index in [-0.39, 0.29) is 5.56 Å². The second-order valence-electron chi connectivity index (χ2n) is 7.90. The molecule has 0 saturated carbocycles. The van der Waals surface area contributed by atoms with Crippen LogP contribution in [0.2, 0.25) is 0 Å². The highest BCUT2D eigenvalue weighted by molar-refractivity contribution is 8.01. The molecule has 0 amide bonds. The molecule has 4 heterocycles. The Morgan fingerprint density at radius 1 is 1.21 bits per heavy atom. The normalized spacial score (nSPS) is 19.9. The van der Waals surface area contributed by atoms with Crippen LogP contribution in [0.5, 0.6) is 0 Å². The van der Waals surface area contributed by atoms with Crippen molar-refractivity contribution < 1.29 is 4.57 Å². The zero-order valence-electron chi connectivity index (χ0n) is 17.1. The zero-order chi connectivity index (χ0) is 20.7. The summed E-state index contributed by atoms with van der Waals surface area (Å²) in [4.78, 5) is 32.9. The number of rotatable bonds is 5. The van der Waals surface area contributed by atoms with Gasteiger partial charge in [-0.2, -0.15) is 0 Å². The van der Waals surface area contributed by atoms with Gasteiger partial charge in [-0.15, -0.1) is 10.2 Å². The molecule has 3 aromatic rings. The van der Waals surface area contributed by atoms with Crippen LogP contribution in [-0.2, 0) is 13.6 Å². The minimum Gasteiger partial charge on any atom is -0.271 e. The lowest BCUT2D eigenvalue weighted by atomic mass is 9.92. The van der Waals surface area contributed by atoms with E-state index in [1.807, 2.05) is 11.5 Å². The van der Waals surface area contributed by atoms with E-state index in [0.717, 1.165) is 34.1 Å². The monoisotopic (exact) mass is 436 g/mol. The molecule has 0 radical (unpaired) electrons. The lowest BCUT2D eigenvalue weighted by Gasteiger charge is -2.31. The topological polar surface area (TPSA) is 104 Å². The maximum Gasteiger partial charge on any atom is 0.359 e. The molecule has 9 nitrogen and oxygen atoms in total. The number of aryl methyl sites for hydroxylation is 3. The van der Waals surface area contributed by atoms with E-state index in [1.54, 1.807) is 30.1 Å². The number of nitrogens with zero attached hydrogens (tertiary/aromatic N) is 5. The van der Waals surface area contributed by atoms with Gasteiger partial charge in [0, 0.05) is 12.8 Å². The van der Waals surface area contributed by atoms with Crippen LogP contribution >= 0.6 is 23.1 Å². The number of aromatic amines is 2. The highest BCUT2D eigenvalue weighted by Gasteiger charge is 2.33. The fourth-order valence-electron chi connectivity index (χ4n) is 4.15. The minimum absolute atomic E-state index is 0.361. The molecule has 2 unspecified atom stereocenters. The van der Waals surface area contributed by atoms with E-state index in [2.05, 4.69) is 38.9 Å². The van der Waals surface area contributed by atoms with Gasteiger partial charge in [-0.25, -0.2) is 14.3 Å². The van der Waals surface area contributed by atoms with Crippen LogP contribution in [0.1, 0.15) is 25.3 Å². The van der Waals surface area contributed by atoms with Crippen molar-refractivity contribution in [3.05, 3.63) is 25.8 Å². The number of H-pyrrole nitrogens is 2. The first kappa shape index (κ1) is 20.1. The summed E-state index contributed by atoms with van der Waals surface area (Å²) in [7, 11) is 1.67. The Labute approximate surface area is 176 Å². The predicted octanol–water partition coefficient (Wildman–Crippen LogP) is 1.28. The molecule has 156 valence electrons. The molecule has 1 aliphatic rings. The number of thioether (sulfide) groups is 1. The average Bonchev–Trinajstić information content (AvgIpc) is 3.23. The van der Waals surface area contributed by atoms with Crippen molar-refractivity contribution in [1.82, 2.24) is 24.7 Å². The Morgan fingerprint density at radius 3 is 2.59 bits per heavy atom. The molecule has 1 aliphatic heterocycles. The van der Waals surface area contributed by atoms with Crippen molar-refractivity contribution in [2.75, 3.05) is 23.7 Å². The van der Waals surface area contributed by atoms with Gasteiger partial charge < -0.3 is 0 Å². The molecular formula is C18H26N7O2S2+. The standard InChI is InChI=1S/C18H25N7O2S2/c1-10-7-11(2)9-24(8-10)16-19-14-13(15(26)20-17(27)23(14)4)25(16)5-6-28-18-22-21-12(3)29-18/h10-11H,5-9H2,1-4H3,(H,20,26,27)/p+1. The van der Waals surface area contributed by atoms with Crippen LogP contribution in [0.4, 0.5) is 5.95 Å². The summed E-state index contributed by atoms with van der Waals surface area (Å²) >= 11 is 3.20.